The molecule has 2 fully saturated rings. The predicted molar refractivity (Wildman–Crippen MR) is 58.1 cm³/mol. The molecule has 1 aliphatic heterocycles. The van der Waals surface area contributed by atoms with E-state index in [4.69, 9.17) is 0 Å². The second-order valence-corrected chi connectivity index (χ2v) is 4.56. The summed E-state index contributed by atoms with van der Waals surface area (Å²) in [5, 5.41) is 0. The van der Waals surface area contributed by atoms with Gasteiger partial charge in [0.2, 0.25) is 5.91 Å². The Labute approximate surface area is 89.9 Å². The third kappa shape index (κ3) is 1.36. The maximum Gasteiger partial charge on any atom is 0.228 e. The van der Waals surface area contributed by atoms with Crippen LogP contribution in [-0.4, -0.2) is 16.8 Å². The Bertz CT molecular complexity index is 373. The number of rotatable bonds is 2. The van der Waals surface area contributed by atoms with Crippen molar-refractivity contribution in [2.45, 2.75) is 31.8 Å². The van der Waals surface area contributed by atoms with Crippen LogP contribution in [-0.2, 0) is 11.3 Å². The van der Waals surface area contributed by atoms with Crippen molar-refractivity contribution in [3.8, 4) is 0 Å². The van der Waals surface area contributed by atoms with Gasteiger partial charge in [-0.15, -0.1) is 0 Å². The zero-order chi connectivity index (χ0) is 10.3. The molecule has 3 rings (SSSR count). The third-order valence-electron chi connectivity index (χ3n) is 3.68. The van der Waals surface area contributed by atoms with Gasteiger partial charge in [-0.05, 0) is 18.4 Å². The van der Waals surface area contributed by atoms with Crippen molar-refractivity contribution < 1.29 is 4.79 Å². The minimum Gasteiger partial charge on any atom is -0.334 e. The molecule has 2 nitrogen and oxygen atoms in total. The molecule has 1 saturated heterocycles. The Hall–Kier alpha value is -1.31. The lowest BCUT2D eigenvalue weighted by Gasteiger charge is -2.43. The van der Waals surface area contributed by atoms with E-state index < -0.39 is 0 Å². The van der Waals surface area contributed by atoms with E-state index in [2.05, 4.69) is 12.1 Å². The van der Waals surface area contributed by atoms with Gasteiger partial charge in [-0.1, -0.05) is 36.8 Å². The summed E-state index contributed by atoms with van der Waals surface area (Å²) in [5.74, 6) is 0.745. The number of hydrogen-bond acceptors (Lipinski definition) is 1. The molecule has 1 aliphatic carbocycles. The third-order valence-corrected chi connectivity index (χ3v) is 3.68. The fourth-order valence-electron chi connectivity index (χ4n) is 2.87. The van der Waals surface area contributed by atoms with Gasteiger partial charge < -0.3 is 4.90 Å². The van der Waals surface area contributed by atoms with Crippen molar-refractivity contribution in [2.24, 2.45) is 5.92 Å². The fourth-order valence-corrected chi connectivity index (χ4v) is 2.87. The van der Waals surface area contributed by atoms with Gasteiger partial charge in [0.05, 0.1) is 5.92 Å². The summed E-state index contributed by atoms with van der Waals surface area (Å²) in [7, 11) is 0. The van der Waals surface area contributed by atoms with E-state index in [1.807, 2.05) is 23.1 Å². The Balaban J connectivity index is 1.72. The molecule has 1 heterocycles. The van der Waals surface area contributed by atoms with E-state index >= 15 is 0 Å². The highest BCUT2D eigenvalue weighted by Gasteiger charge is 2.49. The highest BCUT2D eigenvalue weighted by molar-refractivity contribution is 5.86. The minimum absolute atomic E-state index is 0.369. The molecule has 2 unspecified atom stereocenters. The lowest BCUT2D eigenvalue weighted by atomic mass is 9.90. The topological polar surface area (TPSA) is 20.3 Å². The quantitative estimate of drug-likeness (QED) is 0.672. The van der Waals surface area contributed by atoms with Crippen LogP contribution in [0.1, 0.15) is 24.8 Å². The van der Waals surface area contributed by atoms with Crippen LogP contribution in [0.3, 0.4) is 0 Å². The van der Waals surface area contributed by atoms with Gasteiger partial charge >= 0.3 is 0 Å². The number of benzene rings is 1. The van der Waals surface area contributed by atoms with E-state index in [-0.39, 0.29) is 0 Å². The smallest absolute Gasteiger partial charge is 0.228 e. The van der Waals surface area contributed by atoms with E-state index in [0.29, 0.717) is 17.9 Å². The second-order valence-electron chi connectivity index (χ2n) is 4.56. The Kier molecular flexibility index (Phi) is 2.01. The fraction of sp³-hybridized carbons (Fsp3) is 0.462. The van der Waals surface area contributed by atoms with E-state index in [0.717, 1.165) is 13.0 Å². The Morgan fingerprint density at radius 1 is 1.20 bits per heavy atom. The van der Waals surface area contributed by atoms with Crippen molar-refractivity contribution in [2.75, 3.05) is 0 Å². The SMILES string of the molecule is O=C1C2CCCC2N1Cc1ccccc1. The maximum absolute atomic E-state index is 11.8. The molecule has 0 spiro atoms. The van der Waals surface area contributed by atoms with Crippen molar-refractivity contribution in [1.29, 1.82) is 0 Å². The average Bonchev–Trinajstić information content (AvgIpc) is 2.72. The normalized spacial score (nSPS) is 28.8. The molecule has 2 heteroatoms. The number of likely N-dealkylation sites (tertiary alicyclic amines) is 1. The number of amides is 1. The van der Waals surface area contributed by atoms with Crippen LogP contribution < -0.4 is 0 Å². The number of nitrogens with zero attached hydrogens (tertiary/aromatic N) is 1. The van der Waals surface area contributed by atoms with Gasteiger partial charge in [-0.2, -0.15) is 0 Å². The van der Waals surface area contributed by atoms with E-state index in [1.54, 1.807) is 0 Å². The molecular formula is C13H15NO. The molecule has 15 heavy (non-hydrogen) atoms. The van der Waals surface area contributed by atoms with Crippen LogP contribution in [0.5, 0.6) is 0 Å². The Morgan fingerprint density at radius 2 is 2.00 bits per heavy atom. The van der Waals surface area contributed by atoms with E-state index in [1.165, 1.54) is 18.4 Å². The molecule has 2 aliphatic rings. The first-order valence-corrected chi connectivity index (χ1v) is 5.70. The van der Waals surface area contributed by atoms with Gasteiger partial charge in [0.15, 0.2) is 0 Å². The zero-order valence-electron chi connectivity index (χ0n) is 8.73. The molecule has 0 aromatic heterocycles. The lowest BCUT2D eigenvalue weighted by Crippen LogP contribution is -2.57. The van der Waals surface area contributed by atoms with Crippen LogP contribution in [0.15, 0.2) is 30.3 Å². The van der Waals surface area contributed by atoms with Crippen molar-refractivity contribution in [3.63, 3.8) is 0 Å². The molecule has 1 amide bonds. The molecular weight excluding hydrogens is 186 g/mol. The number of carbonyl (C=O) groups excluding carboxylic acids is 1. The summed E-state index contributed by atoms with van der Waals surface area (Å²) in [6.07, 6.45) is 3.56. The molecule has 0 bridgehead atoms. The number of fused-ring (bicyclic) bond motifs is 1. The van der Waals surface area contributed by atoms with Crippen LogP contribution in [0, 0.1) is 5.92 Å². The molecule has 2 atom stereocenters. The summed E-state index contributed by atoms with van der Waals surface area (Å²) >= 11 is 0. The Morgan fingerprint density at radius 3 is 2.80 bits per heavy atom. The number of β-lactam (4-membered cyclic amide) rings is 1. The largest absolute Gasteiger partial charge is 0.334 e. The standard InChI is InChI=1S/C13H15NO/c15-13-11-7-4-8-12(11)14(13)9-10-5-2-1-3-6-10/h1-3,5-6,11-12H,4,7-9H2. The van der Waals surface area contributed by atoms with Gasteiger partial charge in [-0.3, -0.25) is 4.79 Å². The highest BCUT2D eigenvalue weighted by Crippen LogP contribution is 2.40. The molecule has 0 radical (unpaired) electrons. The van der Waals surface area contributed by atoms with Gasteiger partial charge in [0.25, 0.3) is 0 Å². The van der Waals surface area contributed by atoms with Crippen molar-refractivity contribution >= 4 is 5.91 Å². The first-order chi connectivity index (χ1) is 7.36. The summed E-state index contributed by atoms with van der Waals surface area (Å²) in [6, 6.07) is 10.8. The first-order valence-electron chi connectivity index (χ1n) is 5.70. The minimum atomic E-state index is 0.369. The highest BCUT2D eigenvalue weighted by atomic mass is 16.2. The van der Waals surface area contributed by atoms with Crippen LogP contribution in [0.4, 0.5) is 0 Å². The lowest BCUT2D eigenvalue weighted by molar-refractivity contribution is -0.154. The van der Waals surface area contributed by atoms with Gasteiger partial charge in [0, 0.05) is 12.6 Å². The molecule has 1 aromatic carbocycles. The predicted octanol–water partition coefficient (Wildman–Crippen LogP) is 2.20. The summed E-state index contributed by atoms with van der Waals surface area (Å²) in [4.78, 5) is 13.8. The second kappa shape index (κ2) is 3.37. The maximum atomic E-state index is 11.8. The zero-order valence-corrected chi connectivity index (χ0v) is 8.73. The van der Waals surface area contributed by atoms with Crippen LogP contribution in [0.25, 0.3) is 0 Å². The van der Waals surface area contributed by atoms with Crippen molar-refractivity contribution in [3.05, 3.63) is 35.9 Å². The van der Waals surface area contributed by atoms with Gasteiger partial charge in [0.1, 0.15) is 0 Å². The van der Waals surface area contributed by atoms with Crippen LogP contribution >= 0.6 is 0 Å². The number of hydrogen-bond donors (Lipinski definition) is 0. The number of carbonyl (C=O) groups is 1. The van der Waals surface area contributed by atoms with E-state index in [9.17, 15) is 4.79 Å². The molecule has 1 aromatic rings. The first kappa shape index (κ1) is 8.96. The van der Waals surface area contributed by atoms with Crippen molar-refractivity contribution in [1.82, 2.24) is 4.90 Å². The van der Waals surface area contributed by atoms with Crippen LogP contribution in [0.2, 0.25) is 0 Å². The summed E-state index contributed by atoms with van der Waals surface area (Å²) in [6.45, 7) is 0.806. The molecule has 1 saturated carbocycles. The van der Waals surface area contributed by atoms with Gasteiger partial charge in [-0.25, -0.2) is 0 Å². The molecule has 78 valence electrons. The summed E-state index contributed by atoms with van der Waals surface area (Å²) < 4.78 is 0. The molecule has 0 N–H and O–H groups in total. The average molecular weight is 201 g/mol. The monoisotopic (exact) mass is 201 g/mol. The summed E-state index contributed by atoms with van der Waals surface area (Å²) in [5.41, 5.74) is 1.25.